The van der Waals surface area contributed by atoms with E-state index in [0.717, 1.165) is 0 Å². The second-order valence-electron chi connectivity index (χ2n) is 4.40. The Balaban J connectivity index is 2.08. The quantitative estimate of drug-likeness (QED) is 0.845. The molecule has 0 saturated heterocycles. The van der Waals surface area contributed by atoms with Crippen molar-refractivity contribution in [1.82, 2.24) is 4.31 Å². The molecule has 2 rings (SSSR count). The first-order chi connectivity index (χ1) is 9.51. The molecular formula is C14H14N2O3S. The number of sulfonamides is 1. The molecule has 0 N–H and O–H groups in total. The van der Waals surface area contributed by atoms with Gasteiger partial charge in [0.2, 0.25) is 10.0 Å². The van der Waals surface area contributed by atoms with E-state index in [9.17, 15) is 8.42 Å². The van der Waals surface area contributed by atoms with Crippen molar-refractivity contribution < 1.29 is 12.8 Å². The number of nitrogens with zero attached hydrogens (tertiary/aromatic N) is 2. The highest BCUT2D eigenvalue weighted by Gasteiger charge is 2.19. The number of rotatable bonds is 5. The van der Waals surface area contributed by atoms with Crippen LogP contribution in [0.2, 0.25) is 0 Å². The van der Waals surface area contributed by atoms with Gasteiger partial charge in [0, 0.05) is 7.05 Å². The van der Waals surface area contributed by atoms with Crippen LogP contribution in [0.1, 0.15) is 16.9 Å². The van der Waals surface area contributed by atoms with Crippen LogP contribution >= 0.6 is 0 Å². The molecular weight excluding hydrogens is 276 g/mol. The molecule has 1 aromatic heterocycles. The normalized spacial score (nSPS) is 11.4. The van der Waals surface area contributed by atoms with Crippen molar-refractivity contribution in [3.05, 3.63) is 59.5 Å². The third-order valence-corrected chi connectivity index (χ3v) is 4.64. The number of benzene rings is 1. The molecule has 0 unspecified atom stereocenters. The fraction of sp³-hybridized carbons (Fsp3) is 0.214. The van der Waals surface area contributed by atoms with E-state index in [-0.39, 0.29) is 12.3 Å². The first kappa shape index (κ1) is 14.3. The topological polar surface area (TPSA) is 74.3 Å². The van der Waals surface area contributed by atoms with Crippen LogP contribution in [0.5, 0.6) is 0 Å². The molecule has 5 nitrogen and oxygen atoms in total. The lowest BCUT2D eigenvalue weighted by atomic mass is 10.2. The van der Waals surface area contributed by atoms with Crippen LogP contribution in [0.15, 0.2) is 47.1 Å². The minimum atomic E-state index is -3.42. The highest BCUT2D eigenvalue weighted by molar-refractivity contribution is 7.88. The summed E-state index contributed by atoms with van der Waals surface area (Å²) in [6.07, 6.45) is 1.51. The van der Waals surface area contributed by atoms with E-state index >= 15 is 0 Å². The minimum Gasteiger partial charge on any atom is -0.468 e. The Bertz CT molecular complexity index is 698. The van der Waals surface area contributed by atoms with Gasteiger partial charge in [-0.15, -0.1) is 0 Å². The van der Waals surface area contributed by atoms with E-state index in [1.165, 1.54) is 17.6 Å². The Morgan fingerprint density at radius 2 is 1.95 bits per heavy atom. The van der Waals surface area contributed by atoms with Gasteiger partial charge in [-0.05, 0) is 29.8 Å². The molecule has 0 bridgehead atoms. The molecule has 0 aliphatic carbocycles. The maximum absolute atomic E-state index is 12.2. The van der Waals surface area contributed by atoms with E-state index in [0.29, 0.717) is 16.9 Å². The van der Waals surface area contributed by atoms with Gasteiger partial charge in [-0.1, -0.05) is 12.1 Å². The molecule has 0 saturated carbocycles. The summed E-state index contributed by atoms with van der Waals surface area (Å²) in [4.78, 5) is 0. The summed E-state index contributed by atoms with van der Waals surface area (Å²) < 4.78 is 30.8. The van der Waals surface area contributed by atoms with Gasteiger partial charge in [0.15, 0.2) is 0 Å². The van der Waals surface area contributed by atoms with Crippen LogP contribution < -0.4 is 0 Å². The van der Waals surface area contributed by atoms with Crippen molar-refractivity contribution >= 4 is 10.0 Å². The highest BCUT2D eigenvalue weighted by atomic mass is 32.2. The predicted octanol–water partition coefficient (Wildman–Crippen LogP) is 2.11. The van der Waals surface area contributed by atoms with Crippen LogP contribution in [-0.2, 0) is 22.3 Å². The summed E-state index contributed by atoms with van der Waals surface area (Å²) in [5, 5.41) is 8.71. The Hall–Kier alpha value is -2.10. The molecule has 0 aliphatic heterocycles. The Labute approximate surface area is 118 Å². The summed E-state index contributed by atoms with van der Waals surface area (Å²) in [5.41, 5.74) is 1.16. The summed E-state index contributed by atoms with van der Waals surface area (Å²) in [6, 6.07) is 12.0. The van der Waals surface area contributed by atoms with Crippen molar-refractivity contribution in [2.75, 3.05) is 7.05 Å². The lowest BCUT2D eigenvalue weighted by Gasteiger charge is -2.15. The van der Waals surface area contributed by atoms with Gasteiger partial charge >= 0.3 is 0 Å². The van der Waals surface area contributed by atoms with E-state index in [1.54, 1.807) is 36.4 Å². The number of furan rings is 1. The average molecular weight is 290 g/mol. The maximum atomic E-state index is 12.2. The average Bonchev–Trinajstić information content (AvgIpc) is 2.92. The lowest BCUT2D eigenvalue weighted by Crippen LogP contribution is -2.27. The van der Waals surface area contributed by atoms with Gasteiger partial charge in [-0.2, -0.15) is 9.57 Å². The van der Waals surface area contributed by atoms with Gasteiger partial charge in [0.1, 0.15) is 5.76 Å². The fourth-order valence-electron chi connectivity index (χ4n) is 1.72. The molecule has 20 heavy (non-hydrogen) atoms. The Kier molecular flexibility index (Phi) is 4.23. The molecule has 0 aliphatic rings. The molecule has 2 aromatic rings. The van der Waals surface area contributed by atoms with Crippen LogP contribution in [0.4, 0.5) is 0 Å². The minimum absolute atomic E-state index is 0.101. The largest absolute Gasteiger partial charge is 0.468 e. The van der Waals surface area contributed by atoms with E-state index in [2.05, 4.69) is 0 Å². The van der Waals surface area contributed by atoms with Gasteiger partial charge < -0.3 is 4.42 Å². The van der Waals surface area contributed by atoms with Crippen molar-refractivity contribution in [3.8, 4) is 6.07 Å². The zero-order valence-corrected chi connectivity index (χ0v) is 11.8. The third-order valence-electron chi connectivity index (χ3n) is 2.87. The van der Waals surface area contributed by atoms with Crippen molar-refractivity contribution in [2.24, 2.45) is 0 Å². The van der Waals surface area contributed by atoms with Crippen molar-refractivity contribution in [1.29, 1.82) is 5.26 Å². The number of hydrogen-bond acceptors (Lipinski definition) is 4. The van der Waals surface area contributed by atoms with Crippen molar-refractivity contribution in [3.63, 3.8) is 0 Å². The fourth-order valence-corrected chi connectivity index (χ4v) is 2.87. The Morgan fingerprint density at radius 3 is 2.50 bits per heavy atom. The highest BCUT2D eigenvalue weighted by Crippen LogP contribution is 2.13. The third kappa shape index (κ3) is 3.47. The van der Waals surface area contributed by atoms with Gasteiger partial charge in [0.05, 0.1) is 30.2 Å². The molecule has 0 fully saturated rings. The SMILES string of the molecule is CN(Cc1ccco1)S(=O)(=O)Cc1ccc(C#N)cc1. The predicted molar refractivity (Wildman–Crippen MR) is 74.0 cm³/mol. The van der Waals surface area contributed by atoms with E-state index in [1.807, 2.05) is 6.07 Å². The smallest absolute Gasteiger partial charge is 0.218 e. The maximum Gasteiger partial charge on any atom is 0.218 e. The molecule has 1 aromatic carbocycles. The summed E-state index contributed by atoms with van der Waals surface area (Å²) in [5.74, 6) is 0.492. The monoisotopic (exact) mass is 290 g/mol. The van der Waals surface area contributed by atoms with Crippen LogP contribution in [0.3, 0.4) is 0 Å². The summed E-state index contributed by atoms with van der Waals surface area (Å²) >= 11 is 0. The van der Waals surface area contributed by atoms with Gasteiger partial charge in [-0.3, -0.25) is 0 Å². The lowest BCUT2D eigenvalue weighted by molar-refractivity contribution is 0.406. The van der Waals surface area contributed by atoms with E-state index < -0.39 is 10.0 Å². The molecule has 0 radical (unpaired) electrons. The first-order valence-electron chi connectivity index (χ1n) is 5.97. The molecule has 1 heterocycles. The number of hydrogen-bond donors (Lipinski definition) is 0. The molecule has 0 atom stereocenters. The van der Waals surface area contributed by atoms with Crippen molar-refractivity contribution in [2.45, 2.75) is 12.3 Å². The standard InChI is InChI=1S/C14H14N2O3S/c1-16(10-14-3-2-8-19-14)20(17,18)11-13-6-4-12(9-15)5-7-13/h2-8H,10-11H2,1H3. The van der Waals surface area contributed by atoms with Crippen LogP contribution in [-0.4, -0.2) is 19.8 Å². The summed E-state index contributed by atoms with van der Waals surface area (Å²) in [6.45, 7) is 0.200. The second-order valence-corrected chi connectivity index (χ2v) is 6.48. The molecule has 0 amide bonds. The number of nitriles is 1. The van der Waals surface area contributed by atoms with Gasteiger partial charge in [0.25, 0.3) is 0 Å². The second kappa shape index (κ2) is 5.90. The zero-order valence-electron chi connectivity index (χ0n) is 11.0. The van der Waals surface area contributed by atoms with Crippen LogP contribution in [0, 0.1) is 11.3 Å². The zero-order chi connectivity index (χ0) is 14.6. The first-order valence-corrected chi connectivity index (χ1v) is 7.57. The molecule has 0 spiro atoms. The molecule has 104 valence electrons. The summed E-state index contributed by atoms with van der Waals surface area (Å²) in [7, 11) is -1.90. The van der Waals surface area contributed by atoms with E-state index in [4.69, 9.17) is 9.68 Å². The van der Waals surface area contributed by atoms with Gasteiger partial charge in [-0.25, -0.2) is 8.42 Å². The molecule has 6 heteroatoms. The Morgan fingerprint density at radius 1 is 1.25 bits per heavy atom. The van der Waals surface area contributed by atoms with Crippen LogP contribution in [0.25, 0.3) is 0 Å².